The Hall–Kier alpha value is -2.81. The first-order valence-corrected chi connectivity index (χ1v) is 19.9. The third kappa shape index (κ3) is 15.3. The Kier molecular flexibility index (Phi) is 21.4. The van der Waals surface area contributed by atoms with E-state index in [1.54, 1.807) is 14.0 Å². The van der Waals surface area contributed by atoms with Gasteiger partial charge in [0.1, 0.15) is 24.2 Å². The lowest BCUT2D eigenvalue weighted by Gasteiger charge is -2.36. The Bertz CT molecular complexity index is 1100. The largest absolute Gasteiger partial charge is 0.379 e. The summed E-state index contributed by atoms with van der Waals surface area (Å²) in [7, 11) is 1.65. The van der Waals surface area contributed by atoms with Crippen LogP contribution in [0.25, 0.3) is 0 Å². The number of hydrogen-bond acceptors (Lipinski definition) is 9. The van der Waals surface area contributed by atoms with Crippen LogP contribution in [0.1, 0.15) is 118 Å². The Balaban J connectivity index is 2.53. The summed E-state index contributed by atoms with van der Waals surface area (Å²) in [6.45, 7) is 10.4. The molecule has 1 heterocycles. The van der Waals surface area contributed by atoms with Gasteiger partial charge in [0.25, 0.3) is 0 Å². The van der Waals surface area contributed by atoms with Crippen LogP contribution in [0.3, 0.4) is 0 Å². The van der Waals surface area contributed by atoms with Crippen molar-refractivity contribution in [3.63, 3.8) is 0 Å². The van der Waals surface area contributed by atoms with Crippen LogP contribution in [0.4, 0.5) is 0 Å². The molecule has 0 bridgehead atoms. The number of nitrogens with two attached hydrogens (primary N) is 2. The van der Waals surface area contributed by atoms with Crippen LogP contribution in [0.15, 0.2) is 0 Å². The maximum absolute atomic E-state index is 14.2. The molecule has 1 aliphatic carbocycles. The van der Waals surface area contributed by atoms with E-state index in [0.717, 1.165) is 64.2 Å². The van der Waals surface area contributed by atoms with E-state index in [0.29, 0.717) is 32.4 Å². The molecule has 5 amide bonds. The van der Waals surface area contributed by atoms with Crippen molar-refractivity contribution in [2.75, 3.05) is 40.0 Å². The molecule has 0 aromatic rings. The summed E-state index contributed by atoms with van der Waals surface area (Å²) in [6, 6.07) is -4.48. The van der Waals surface area contributed by atoms with Crippen LogP contribution in [0.2, 0.25) is 0 Å². The molecule has 2 aliphatic rings. The van der Waals surface area contributed by atoms with Gasteiger partial charge >= 0.3 is 0 Å². The lowest BCUT2D eigenvalue weighted by molar-refractivity contribution is -0.147. The Morgan fingerprint density at radius 2 is 1.50 bits per heavy atom. The van der Waals surface area contributed by atoms with Crippen molar-refractivity contribution in [1.82, 2.24) is 26.2 Å². The topological polar surface area (TPSA) is 207 Å². The number of carbonyl (C=O) groups is 5. The van der Waals surface area contributed by atoms with E-state index < -0.39 is 65.9 Å². The molecule has 0 radical (unpaired) electrons. The van der Waals surface area contributed by atoms with E-state index in [1.165, 1.54) is 4.90 Å². The predicted molar refractivity (Wildman–Crippen MR) is 202 cm³/mol. The Morgan fingerprint density at radius 1 is 0.827 bits per heavy atom. The van der Waals surface area contributed by atoms with E-state index in [9.17, 15) is 24.0 Å². The number of nitrogens with one attached hydrogen (secondary N) is 4. The zero-order valence-corrected chi connectivity index (χ0v) is 32.9. The van der Waals surface area contributed by atoms with Gasteiger partial charge in [-0.15, -0.1) is 0 Å². The number of likely N-dealkylation sites (N-methyl/N-ethyl adjacent to an activating group) is 1. The number of ether oxygens (including phenoxy) is 2. The van der Waals surface area contributed by atoms with E-state index in [-0.39, 0.29) is 37.5 Å². The van der Waals surface area contributed by atoms with Crippen molar-refractivity contribution in [1.29, 1.82) is 0 Å². The van der Waals surface area contributed by atoms with Gasteiger partial charge in [0.05, 0.1) is 25.2 Å². The van der Waals surface area contributed by atoms with Crippen molar-refractivity contribution in [3.8, 4) is 0 Å². The lowest BCUT2D eigenvalue weighted by Crippen LogP contribution is -2.62. The zero-order valence-electron chi connectivity index (χ0n) is 32.9. The summed E-state index contributed by atoms with van der Waals surface area (Å²) in [6.07, 6.45) is 10.4. The third-order valence-corrected chi connectivity index (χ3v) is 10.3. The molecule has 0 spiro atoms. The minimum Gasteiger partial charge on any atom is -0.379 e. The van der Waals surface area contributed by atoms with Gasteiger partial charge in [0, 0.05) is 26.2 Å². The first kappa shape index (κ1) is 45.3. The maximum atomic E-state index is 14.2. The predicted octanol–water partition coefficient (Wildman–Crippen LogP) is 2.12. The summed E-state index contributed by atoms with van der Waals surface area (Å²) < 4.78 is 12.1. The molecule has 2 fully saturated rings. The van der Waals surface area contributed by atoms with Gasteiger partial charge in [-0.3, -0.25) is 24.0 Å². The van der Waals surface area contributed by atoms with Crippen molar-refractivity contribution >= 4 is 29.5 Å². The fourth-order valence-electron chi connectivity index (χ4n) is 7.04. The van der Waals surface area contributed by atoms with Crippen LogP contribution in [-0.2, 0) is 33.4 Å². The zero-order chi connectivity index (χ0) is 38.6. The molecule has 1 saturated carbocycles. The minimum atomic E-state index is -1.17. The lowest BCUT2D eigenvalue weighted by atomic mass is 9.83. The Morgan fingerprint density at radius 3 is 2.13 bits per heavy atom. The molecule has 14 nitrogen and oxygen atoms in total. The van der Waals surface area contributed by atoms with Crippen LogP contribution in [0, 0.1) is 17.8 Å². The third-order valence-electron chi connectivity index (χ3n) is 10.3. The highest BCUT2D eigenvalue weighted by molar-refractivity contribution is 5.96. The molecule has 1 saturated heterocycles. The second-order valence-electron chi connectivity index (χ2n) is 15.3. The molecular formula is C38H71N7O7. The van der Waals surface area contributed by atoms with Gasteiger partial charge in [0.15, 0.2) is 0 Å². The second kappa shape index (κ2) is 24.5. The number of rotatable bonds is 15. The summed E-state index contributed by atoms with van der Waals surface area (Å²) in [5.41, 5.74) is 11.6. The molecule has 14 heteroatoms. The quantitative estimate of drug-likeness (QED) is 0.136. The van der Waals surface area contributed by atoms with Crippen LogP contribution in [-0.4, -0.2) is 111 Å². The summed E-state index contributed by atoms with van der Waals surface area (Å²) >= 11 is 0. The molecule has 52 heavy (non-hydrogen) atoms. The SMILES string of the molecule is CCCCCC[C@H]1OC[C@@H](C)NC(=O)[C@H](COCCCCN)NC(=O)[C@H](CN)NC(=O)[C@H](C2CCCCC2)NC(=O)[C@H](CC(C)C)N(C)C(=O)[C@@H]1C. The van der Waals surface area contributed by atoms with Crippen molar-refractivity contribution < 1.29 is 33.4 Å². The van der Waals surface area contributed by atoms with Crippen molar-refractivity contribution in [2.45, 2.75) is 154 Å². The van der Waals surface area contributed by atoms with Crippen molar-refractivity contribution in [2.24, 2.45) is 29.2 Å². The molecule has 300 valence electrons. The normalized spacial score (nSPS) is 28.4. The van der Waals surface area contributed by atoms with Gasteiger partial charge in [-0.25, -0.2) is 0 Å². The highest BCUT2D eigenvalue weighted by Crippen LogP contribution is 2.28. The smallest absolute Gasteiger partial charge is 0.245 e. The standard InChI is InChI=1S/C38H71N7O7/c1-7-8-9-13-18-32-27(5)38(50)45(6)31(21-25(2)3)36(48)44-33(28-16-11-10-12-17-28)37(49)42-29(22-40)34(46)43-30(24-51-20-15-14-19-39)35(47)41-26(4)23-52-32/h25-33H,7-24,39-40H2,1-6H3,(H,41,47)(H,42,49)(H,43,46)(H,44,48)/t26-,27-,29+,30+,31+,32-,33+/m1/s1. The summed E-state index contributed by atoms with van der Waals surface area (Å²) in [5, 5.41) is 11.4. The minimum absolute atomic E-state index is 0.0818. The number of hydrogen-bond donors (Lipinski definition) is 6. The molecule has 0 aromatic heterocycles. The monoisotopic (exact) mass is 738 g/mol. The highest BCUT2D eigenvalue weighted by Gasteiger charge is 2.39. The molecule has 0 aromatic carbocycles. The van der Waals surface area contributed by atoms with E-state index in [2.05, 4.69) is 28.2 Å². The highest BCUT2D eigenvalue weighted by atomic mass is 16.5. The average molecular weight is 738 g/mol. The fraction of sp³-hybridized carbons (Fsp3) is 0.868. The second-order valence-corrected chi connectivity index (χ2v) is 15.3. The van der Waals surface area contributed by atoms with Crippen LogP contribution < -0.4 is 32.7 Å². The first-order chi connectivity index (χ1) is 24.8. The fourth-order valence-corrected chi connectivity index (χ4v) is 7.04. The van der Waals surface area contributed by atoms with Crippen LogP contribution in [0.5, 0.6) is 0 Å². The number of nitrogens with zero attached hydrogens (tertiary/aromatic N) is 1. The van der Waals surface area contributed by atoms with E-state index >= 15 is 0 Å². The first-order valence-electron chi connectivity index (χ1n) is 19.9. The van der Waals surface area contributed by atoms with Crippen LogP contribution >= 0.6 is 0 Å². The van der Waals surface area contributed by atoms with E-state index in [4.69, 9.17) is 20.9 Å². The maximum Gasteiger partial charge on any atom is 0.245 e. The van der Waals surface area contributed by atoms with Gasteiger partial charge < -0.3 is 47.1 Å². The molecule has 7 atom stereocenters. The van der Waals surface area contributed by atoms with Gasteiger partial charge in [-0.05, 0) is 63.8 Å². The Labute approximate surface area is 312 Å². The summed E-state index contributed by atoms with van der Waals surface area (Å²) in [5.74, 6) is -2.92. The molecule has 1 aliphatic heterocycles. The number of unbranched alkanes of at least 4 members (excludes halogenated alkanes) is 4. The average Bonchev–Trinajstić information content (AvgIpc) is 3.12. The van der Waals surface area contributed by atoms with Gasteiger partial charge in [-0.1, -0.05) is 72.6 Å². The van der Waals surface area contributed by atoms with Gasteiger partial charge in [-0.2, -0.15) is 0 Å². The molecule has 0 unspecified atom stereocenters. The molecule has 8 N–H and O–H groups in total. The van der Waals surface area contributed by atoms with E-state index in [1.807, 2.05) is 20.8 Å². The van der Waals surface area contributed by atoms with Crippen molar-refractivity contribution in [3.05, 3.63) is 0 Å². The summed E-state index contributed by atoms with van der Waals surface area (Å²) in [4.78, 5) is 71.1. The number of carbonyl (C=O) groups excluding carboxylic acids is 5. The molecule has 2 rings (SSSR count). The van der Waals surface area contributed by atoms with Gasteiger partial charge in [0.2, 0.25) is 29.5 Å². The molecular weight excluding hydrogens is 666 g/mol. The number of amides is 5.